The van der Waals surface area contributed by atoms with Crippen molar-refractivity contribution in [1.82, 2.24) is 14.9 Å². The molecule has 98 valence electrons. The average molecular weight is 261 g/mol. The molecule has 1 heterocycles. The monoisotopic (exact) mass is 261 g/mol. The number of hydrogen-bond donors (Lipinski definition) is 3. The van der Waals surface area contributed by atoms with Gasteiger partial charge in [-0.3, -0.25) is 5.10 Å². The molecule has 0 amide bonds. The van der Waals surface area contributed by atoms with Crippen molar-refractivity contribution in [2.24, 2.45) is 0 Å². The molecule has 1 aromatic heterocycles. The first-order chi connectivity index (χ1) is 7.84. The van der Waals surface area contributed by atoms with Gasteiger partial charge in [-0.25, -0.2) is 13.1 Å². The van der Waals surface area contributed by atoms with Gasteiger partial charge in [-0.1, -0.05) is 13.8 Å². The predicted molar refractivity (Wildman–Crippen MR) is 64.0 cm³/mol. The first-order valence-corrected chi connectivity index (χ1v) is 7.05. The van der Waals surface area contributed by atoms with E-state index < -0.39 is 15.6 Å². The molecular weight excluding hydrogens is 242 g/mol. The Morgan fingerprint density at radius 2 is 2.06 bits per heavy atom. The molecule has 0 fully saturated rings. The Hall–Kier alpha value is -0.920. The summed E-state index contributed by atoms with van der Waals surface area (Å²) in [6.07, 6.45) is 2.25. The van der Waals surface area contributed by atoms with E-state index in [4.69, 9.17) is 0 Å². The van der Waals surface area contributed by atoms with E-state index in [1.807, 2.05) is 13.8 Å². The second-order valence-corrected chi connectivity index (χ2v) is 5.85. The van der Waals surface area contributed by atoms with Crippen molar-refractivity contribution in [3.8, 4) is 0 Å². The summed E-state index contributed by atoms with van der Waals surface area (Å²) in [6.45, 7) is 5.28. The van der Waals surface area contributed by atoms with Crippen LogP contribution in [0.15, 0.2) is 11.1 Å². The maximum absolute atomic E-state index is 11.9. The van der Waals surface area contributed by atoms with Crippen molar-refractivity contribution in [2.75, 3.05) is 6.54 Å². The Bertz CT molecular complexity index is 463. The molecule has 0 radical (unpaired) electrons. The van der Waals surface area contributed by atoms with Gasteiger partial charge >= 0.3 is 0 Å². The van der Waals surface area contributed by atoms with E-state index in [0.29, 0.717) is 18.5 Å². The molecule has 0 aromatic carbocycles. The maximum Gasteiger partial charge on any atom is 0.244 e. The zero-order valence-electron chi connectivity index (χ0n) is 10.3. The summed E-state index contributed by atoms with van der Waals surface area (Å²) in [5.74, 6) is 0. The number of nitrogens with zero attached hydrogens (tertiary/aromatic N) is 1. The third kappa shape index (κ3) is 3.27. The molecule has 3 N–H and O–H groups in total. The summed E-state index contributed by atoms with van der Waals surface area (Å²) in [5.41, 5.74) is -0.515. The van der Waals surface area contributed by atoms with Crippen LogP contribution in [0.2, 0.25) is 0 Å². The Balaban J connectivity index is 2.79. The molecule has 7 heteroatoms. The Labute approximate surface area is 101 Å². The molecule has 0 spiro atoms. The minimum atomic E-state index is -3.60. The van der Waals surface area contributed by atoms with Crippen LogP contribution in [0.3, 0.4) is 0 Å². The quantitative estimate of drug-likeness (QED) is 0.697. The van der Waals surface area contributed by atoms with E-state index in [1.54, 1.807) is 6.92 Å². The zero-order chi connectivity index (χ0) is 13.1. The van der Waals surface area contributed by atoms with Crippen molar-refractivity contribution in [2.45, 2.75) is 44.1 Å². The second-order valence-electron chi connectivity index (χ2n) is 4.12. The fourth-order valence-electron chi connectivity index (χ4n) is 1.42. The van der Waals surface area contributed by atoms with Gasteiger partial charge in [-0.05, 0) is 19.8 Å². The van der Waals surface area contributed by atoms with Gasteiger partial charge in [0.15, 0.2) is 0 Å². The first-order valence-electron chi connectivity index (χ1n) is 5.56. The molecule has 0 atom stereocenters. The number of sulfonamides is 1. The van der Waals surface area contributed by atoms with Crippen molar-refractivity contribution in [3.05, 3.63) is 11.9 Å². The molecule has 1 rings (SSSR count). The third-order valence-electron chi connectivity index (χ3n) is 2.98. The van der Waals surface area contributed by atoms with Crippen molar-refractivity contribution >= 4 is 10.0 Å². The summed E-state index contributed by atoms with van der Waals surface area (Å²) < 4.78 is 26.2. The summed E-state index contributed by atoms with van der Waals surface area (Å²) in [6, 6.07) is 0. The smallest absolute Gasteiger partial charge is 0.244 e. The molecule has 0 unspecified atom stereocenters. The van der Waals surface area contributed by atoms with Crippen LogP contribution in [0.25, 0.3) is 0 Å². The van der Waals surface area contributed by atoms with Gasteiger partial charge < -0.3 is 5.11 Å². The molecule has 1 aromatic rings. The van der Waals surface area contributed by atoms with Gasteiger partial charge in [0.25, 0.3) is 0 Å². The molecule has 0 saturated carbocycles. The molecule has 0 aliphatic heterocycles. The summed E-state index contributed by atoms with van der Waals surface area (Å²) in [7, 11) is -3.60. The van der Waals surface area contributed by atoms with Crippen molar-refractivity contribution in [1.29, 1.82) is 0 Å². The van der Waals surface area contributed by atoms with E-state index in [-0.39, 0.29) is 11.4 Å². The van der Waals surface area contributed by atoms with Gasteiger partial charge in [0.05, 0.1) is 17.5 Å². The lowest BCUT2D eigenvalue weighted by Gasteiger charge is -2.25. The van der Waals surface area contributed by atoms with Crippen LogP contribution in [0.5, 0.6) is 0 Å². The SMILES string of the molecule is CCC(O)(CC)CNS(=O)(=O)c1cn[nH]c1C. The third-order valence-corrected chi connectivity index (χ3v) is 4.50. The highest BCUT2D eigenvalue weighted by molar-refractivity contribution is 7.89. The number of hydrogen-bond acceptors (Lipinski definition) is 4. The highest BCUT2D eigenvalue weighted by Gasteiger charge is 2.26. The van der Waals surface area contributed by atoms with Gasteiger partial charge in [-0.15, -0.1) is 0 Å². The number of aliphatic hydroxyl groups is 1. The number of nitrogens with one attached hydrogen (secondary N) is 2. The lowest BCUT2D eigenvalue weighted by atomic mass is 9.98. The van der Waals surface area contributed by atoms with Gasteiger partial charge in [0.1, 0.15) is 4.90 Å². The minimum absolute atomic E-state index is 0.00690. The highest BCUT2D eigenvalue weighted by atomic mass is 32.2. The molecule has 6 nitrogen and oxygen atoms in total. The average Bonchev–Trinajstić information content (AvgIpc) is 2.73. The number of H-pyrrole nitrogens is 1. The van der Waals surface area contributed by atoms with Gasteiger partial charge in [-0.2, -0.15) is 5.10 Å². The Morgan fingerprint density at radius 3 is 2.47 bits per heavy atom. The number of aromatic nitrogens is 2. The molecule has 0 saturated heterocycles. The summed E-state index contributed by atoms with van der Waals surface area (Å²) in [4.78, 5) is 0.118. The zero-order valence-corrected chi connectivity index (χ0v) is 11.1. The van der Waals surface area contributed by atoms with Crippen molar-refractivity contribution in [3.63, 3.8) is 0 Å². The Morgan fingerprint density at radius 1 is 1.47 bits per heavy atom. The lowest BCUT2D eigenvalue weighted by Crippen LogP contribution is -2.42. The highest BCUT2D eigenvalue weighted by Crippen LogP contribution is 2.16. The van der Waals surface area contributed by atoms with E-state index >= 15 is 0 Å². The van der Waals surface area contributed by atoms with E-state index in [9.17, 15) is 13.5 Å². The molecule has 0 bridgehead atoms. The molecule has 0 aliphatic carbocycles. The van der Waals surface area contributed by atoms with Crippen molar-refractivity contribution < 1.29 is 13.5 Å². The van der Waals surface area contributed by atoms with Crippen LogP contribution in [0.4, 0.5) is 0 Å². The number of aromatic amines is 1. The maximum atomic E-state index is 11.9. The minimum Gasteiger partial charge on any atom is -0.389 e. The summed E-state index contributed by atoms with van der Waals surface area (Å²) in [5, 5.41) is 16.2. The van der Waals surface area contributed by atoms with E-state index in [2.05, 4.69) is 14.9 Å². The van der Waals surface area contributed by atoms with Gasteiger partial charge in [0.2, 0.25) is 10.0 Å². The molecule has 17 heavy (non-hydrogen) atoms. The normalized spacial score (nSPS) is 12.9. The van der Waals surface area contributed by atoms with Crippen LogP contribution >= 0.6 is 0 Å². The van der Waals surface area contributed by atoms with Gasteiger partial charge in [0, 0.05) is 6.54 Å². The van der Waals surface area contributed by atoms with Crippen LogP contribution in [0.1, 0.15) is 32.4 Å². The largest absolute Gasteiger partial charge is 0.389 e. The van der Waals surface area contributed by atoms with Crippen LogP contribution in [0, 0.1) is 6.92 Å². The number of rotatable bonds is 6. The first kappa shape index (κ1) is 14.1. The van der Waals surface area contributed by atoms with Crippen LogP contribution < -0.4 is 4.72 Å². The fraction of sp³-hybridized carbons (Fsp3) is 0.700. The Kier molecular flexibility index (Phi) is 4.29. The fourth-order valence-corrected chi connectivity index (χ4v) is 2.67. The standard InChI is InChI=1S/C10H19N3O3S/c1-4-10(14,5-2)7-12-17(15,16)9-6-11-13-8(9)3/h6,12,14H,4-5,7H2,1-3H3,(H,11,13). The van der Waals surface area contributed by atoms with Crippen LogP contribution in [-0.4, -0.2) is 35.9 Å². The van der Waals surface area contributed by atoms with E-state index in [0.717, 1.165) is 0 Å². The predicted octanol–water partition coefficient (Wildman–Crippen LogP) is 0.548. The topological polar surface area (TPSA) is 95.1 Å². The van der Waals surface area contributed by atoms with E-state index in [1.165, 1.54) is 6.20 Å². The lowest BCUT2D eigenvalue weighted by molar-refractivity contribution is 0.0377. The summed E-state index contributed by atoms with van der Waals surface area (Å²) >= 11 is 0. The molecular formula is C10H19N3O3S. The van der Waals surface area contributed by atoms with Crippen LogP contribution in [-0.2, 0) is 10.0 Å². The second kappa shape index (κ2) is 5.16. The molecule has 0 aliphatic rings. The number of aryl methyl sites for hydroxylation is 1.